The molecule has 6 heteroatoms. The Morgan fingerprint density at radius 1 is 1.43 bits per heavy atom. The molecule has 0 aromatic carbocycles. The van der Waals surface area contributed by atoms with Crippen LogP contribution >= 0.6 is 0 Å². The van der Waals surface area contributed by atoms with Gasteiger partial charge in [0.1, 0.15) is 5.76 Å². The number of unbranched alkanes of at least 4 members (excludes halogenated alkanes) is 2. The van der Waals surface area contributed by atoms with Crippen LogP contribution in [0.2, 0.25) is 0 Å². The molecule has 0 saturated heterocycles. The lowest BCUT2D eigenvalue weighted by molar-refractivity contribution is -0.115. The van der Waals surface area contributed by atoms with Crippen molar-refractivity contribution in [3.8, 4) is 0 Å². The Morgan fingerprint density at radius 2 is 2.14 bits per heavy atom. The van der Waals surface area contributed by atoms with Gasteiger partial charge < -0.3 is 4.18 Å². The summed E-state index contributed by atoms with van der Waals surface area (Å²) in [6, 6.07) is 0. The van der Waals surface area contributed by atoms with Gasteiger partial charge in [0.15, 0.2) is 0 Å². The van der Waals surface area contributed by atoms with Crippen molar-refractivity contribution in [3.05, 3.63) is 11.8 Å². The van der Waals surface area contributed by atoms with E-state index in [9.17, 15) is 13.2 Å². The Balaban J connectivity index is 2.57. The molecule has 1 N–H and O–H groups in total. The molecule has 0 aliphatic carbocycles. The number of hydrogen-bond acceptors (Lipinski definition) is 4. The van der Waals surface area contributed by atoms with Crippen LogP contribution < -0.4 is 4.72 Å². The number of nitrogens with one attached hydrogen (secondary N) is 1. The van der Waals surface area contributed by atoms with Crippen LogP contribution in [-0.2, 0) is 19.3 Å². The van der Waals surface area contributed by atoms with Crippen molar-refractivity contribution >= 4 is 16.2 Å². The molecule has 0 saturated carbocycles. The highest BCUT2D eigenvalue weighted by Crippen LogP contribution is 2.15. The molecular formula is C8H13NO4S. The lowest BCUT2D eigenvalue weighted by atomic mass is 10.2. The monoisotopic (exact) mass is 219 g/mol. The zero-order valence-electron chi connectivity index (χ0n) is 7.95. The number of rotatable bonds is 4. The van der Waals surface area contributed by atoms with Crippen LogP contribution in [-0.4, -0.2) is 14.3 Å². The number of amides is 1. The predicted molar refractivity (Wildman–Crippen MR) is 50.4 cm³/mol. The first-order valence-electron chi connectivity index (χ1n) is 4.50. The number of allylic oxidation sites excluding steroid dienone is 1. The van der Waals surface area contributed by atoms with Crippen molar-refractivity contribution in [2.45, 2.75) is 32.6 Å². The van der Waals surface area contributed by atoms with Crippen molar-refractivity contribution in [2.24, 2.45) is 0 Å². The summed E-state index contributed by atoms with van der Waals surface area (Å²) >= 11 is 0. The largest absolute Gasteiger partial charge is 0.409 e. The van der Waals surface area contributed by atoms with Gasteiger partial charge in [-0.2, -0.15) is 8.42 Å². The van der Waals surface area contributed by atoms with E-state index in [4.69, 9.17) is 0 Å². The van der Waals surface area contributed by atoms with Gasteiger partial charge in [-0.3, -0.25) is 4.79 Å². The van der Waals surface area contributed by atoms with E-state index in [2.05, 4.69) is 4.18 Å². The summed E-state index contributed by atoms with van der Waals surface area (Å²) in [4.78, 5) is 10.9. The van der Waals surface area contributed by atoms with Crippen LogP contribution in [0.3, 0.4) is 0 Å². The van der Waals surface area contributed by atoms with E-state index in [0.717, 1.165) is 19.3 Å². The Labute approximate surface area is 83.4 Å². The van der Waals surface area contributed by atoms with Crippen molar-refractivity contribution in [3.63, 3.8) is 0 Å². The lowest BCUT2D eigenvalue weighted by Gasteiger charge is -2.14. The first kappa shape index (κ1) is 11.0. The molecule has 0 spiro atoms. The second-order valence-electron chi connectivity index (χ2n) is 3.07. The Morgan fingerprint density at radius 3 is 2.71 bits per heavy atom. The molecule has 0 atom stereocenters. The second kappa shape index (κ2) is 4.45. The Kier molecular flexibility index (Phi) is 3.51. The van der Waals surface area contributed by atoms with Crippen molar-refractivity contribution in [1.29, 1.82) is 0 Å². The maximum atomic E-state index is 10.9. The number of hydrogen-bond donors (Lipinski definition) is 1. The molecule has 80 valence electrons. The smallest absolute Gasteiger partial charge is 0.371 e. The SMILES string of the molecule is CCCCCC1=CC(=O)NS(=O)(=O)O1. The third-order valence-corrected chi connectivity index (χ3v) is 2.65. The van der Waals surface area contributed by atoms with Crippen LogP contribution in [0.25, 0.3) is 0 Å². The predicted octanol–water partition coefficient (Wildman–Crippen LogP) is 0.842. The third kappa shape index (κ3) is 3.37. The molecule has 1 heterocycles. The normalized spacial score (nSPS) is 19.5. The first-order valence-corrected chi connectivity index (χ1v) is 5.91. The first-order chi connectivity index (χ1) is 6.53. The van der Waals surface area contributed by atoms with E-state index in [1.807, 2.05) is 6.92 Å². The highest BCUT2D eigenvalue weighted by Gasteiger charge is 2.22. The second-order valence-corrected chi connectivity index (χ2v) is 4.35. The van der Waals surface area contributed by atoms with Gasteiger partial charge in [-0.1, -0.05) is 19.8 Å². The van der Waals surface area contributed by atoms with Gasteiger partial charge in [-0.25, -0.2) is 4.72 Å². The zero-order valence-corrected chi connectivity index (χ0v) is 8.76. The third-order valence-electron chi connectivity index (χ3n) is 1.76. The molecule has 1 aliphatic heterocycles. The molecule has 0 bridgehead atoms. The fraction of sp³-hybridized carbons (Fsp3) is 0.625. The minimum atomic E-state index is -3.89. The number of carbonyl (C=O) groups excluding carboxylic acids is 1. The summed E-state index contributed by atoms with van der Waals surface area (Å²) in [6.45, 7) is 2.04. The highest BCUT2D eigenvalue weighted by atomic mass is 32.2. The molecule has 0 aromatic rings. The summed E-state index contributed by atoms with van der Waals surface area (Å²) in [5.74, 6) is -0.412. The topological polar surface area (TPSA) is 72.5 Å². The van der Waals surface area contributed by atoms with Gasteiger partial charge in [-0.15, -0.1) is 0 Å². The van der Waals surface area contributed by atoms with E-state index >= 15 is 0 Å². The van der Waals surface area contributed by atoms with Crippen LogP contribution in [0.15, 0.2) is 11.8 Å². The van der Waals surface area contributed by atoms with Crippen molar-refractivity contribution in [1.82, 2.24) is 4.72 Å². The fourth-order valence-electron chi connectivity index (χ4n) is 1.15. The average Bonchev–Trinajstić information content (AvgIpc) is 2.00. The van der Waals surface area contributed by atoms with Gasteiger partial charge in [0.05, 0.1) is 0 Å². The molecule has 5 nitrogen and oxygen atoms in total. The van der Waals surface area contributed by atoms with Crippen LogP contribution in [0, 0.1) is 0 Å². The minimum Gasteiger partial charge on any atom is -0.371 e. The quantitative estimate of drug-likeness (QED) is 0.711. The molecular weight excluding hydrogens is 206 g/mol. The molecule has 1 aliphatic rings. The molecule has 0 aromatic heterocycles. The van der Waals surface area contributed by atoms with E-state index < -0.39 is 16.2 Å². The molecule has 0 unspecified atom stereocenters. The maximum absolute atomic E-state index is 10.9. The summed E-state index contributed by atoms with van der Waals surface area (Å²) in [5.41, 5.74) is 0. The van der Waals surface area contributed by atoms with Gasteiger partial charge in [0.2, 0.25) is 0 Å². The van der Waals surface area contributed by atoms with Crippen molar-refractivity contribution in [2.75, 3.05) is 0 Å². The Hall–Kier alpha value is -1.04. The summed E-state index contributed by atoms with van der Waals surface area (Å²) < 4.78 is 28.1. The van der Waals surface area contributed by atoms with Gasteiger partial charge >= 0.3 is 10.3 Å². The van der Waals surface area contributed by atoms with Gasteiger partial charge in [0.25, 0.3) is 5.91 Å². The van der Waals surface area contributed by atoms with Crippen LogP contribution in [0.5, 0.6) is 0 Å². The minimum absolute atomic E-state index is 0.224. The van der Waals surface area contributed by atoms with Gasteiger partial charge in [0, 0.05) is 12.5 Å². The van der Waals surface area contributed by atoms with E-state index in [0.29, 0.717) is 6.42 Å². The Bertz CT molecular complexity index is 344. The molecule has 0 radical (unpaired) electrons. The molecule has 0 fully saturated rings. The zero-order chi connectivity index (χ0) is 10.6. The highest BCUT2D eigenvalue weighted by molar-refractivity contribution is 7.85. The average molecular weight is 219 g/mol. The van der Waals surface area contributed by atoms with Gasteiger partial charge in [-0.05, 0) is 6.42 Å². The van der Waals surface area contributed by atoms with E-state index in [1.165, 1.54) is 6.08 Å². The van der Waals surface area contributed by atoms with E-state index in [1.54, 1.807) is 4.72 Å². The lowest BCUT2D eigenvalue weighted by Crippen LogP contribution is -2.34. The van der Waals surface area contributed by atoms with E-state index in [-0.39, 0.29) is 5.76 Å². The molecule has 14 heavy (non-hydrogen) atoms. The van der Waals surface area contributed by atoms with Crippen LogP contribution in [0.4, 0.5) is 0 Å². The van der Waals surface area contributed by atoms with Crippen LogP contribution in [0.1, 0.15) is 32.6 Å². The number of carbonyl (C=O) groups is 1. The molecule has 1 amide bonds. The summed E-state index contributed by atoms with van der Waals surface area (Å²) in [5, 5.41) is 0. The summed E-state index contributed by atoms with van der Waals surface area (Å²) in [7, 11) is -3.89. The molecule has 1 rings (SSSR count). The standard InChI is InChI=1S/C8H13NO4S/c1-2-3-4-5-7-6-8(10)9-14(11,12)13-7/h6H,2-5H2,1H3,(H,9,10). The fourth-order valence-corrected chi connectivity index (χ4v) is 1.91. The summed E-state index contributed by atoms with van der Waals surface area (Å²) in [6.07, 6.45) is 4.51. The van der Waals surface area contributed by atoms with Crippen molar-refractivity contribution < 1.29 is 17.4 Å². The maximum Gasteiger partial charge on any atom is 0.409 e.